The van der Waals surface area contributed by atoms with E-state index < -0.39 is 24.5 Å². The first kappa shape index (κ1) is 29.3. The Morgan fingerprint density at radius 3 is 2.14 bits per heavy atom. The maximum Gasteiger partial charge on any atom is 0.216 e. The second kappa shape index (κ2) is 16.5. The molecule has 7 aromatic rings. The zero-order chi connectivity index (χ0) is 39.8. The van der Waals surface area contributed by atoms with Crippen LogP contribution in [0.3, 0.4) is 0 Å². The standard InChI is InChI=1S/C34H37N2O.C11H8N.Ir/c1-8-23(9-2)29-18-31(35-19-22(29)7)28-15-11-14-26-27-16-17-30(36-34(27)37-33(26)28)32-24(20(3)4)12-10-13-25(32)21(5)6;1-2-6-10(7-3-1)11-8-4-5-9-12-11;/h10-14,16-21,23H,8-9H2,1-7H3;1-6,8-9H;/q2*-1;/i7D3,20D,21D,23D;;. The van der Waals surface area contributed by atoms with E-state index in [4.69, 9.17) is 17.6 Å². The predicted octanol–water partition coefficient (Wildman–Crippen LogP) is 12.5. The molecular formula is C45H45IrN3O-2. The number of aromatic nitrogens is 3. The van der Waals surface area contributed by atoms with Gasteiger partial charge in [-0.25, -0.2) is 4.98 Å². The molecule has 0 aliphatic carbocycles. The fraction of sp³-hybridized carbons (Fsp3) is 0.267. The fourth-order valence-electron chi connectivity index (χ4n) is 6.20. The van der Waals surface area contributed by atoms with E-state index in [9.17, 15) is 0 Å². The summed E-state index contributed by atoms with van der Waals surface area (Å²) in [5.41, 5.74) is 7.42. The van der Waals surface area contributed by atoms with E-state index in [1.807, 2.05) is 120 Å². The molecule has 0 N–H and O–H groups in total. The van der Waals surface area contributed by atoms with E-state index in [1.54, 1.807) is 18.3 Å². The summed E-state index contributed by atoms with van der Waals surface area (Å²) in [6, 6.07) is 35.0. The van der Waals surface area contributed by atoms with Crippen molar-refractivity contribution in [2.75, 3.05) is 0 Å². The maximum atomic E-state index is 9.07. The molecule has 4 nitrogen and oxygen atoms in total. The maximum absolute atomic E-state index is 9.07. The summed E-state index contributed by atoms with van der Waals surface area (Å²) in [5.74, 6) is -2.92. The van der Waals surface area contributed by atoms with Gasteiger partial charge in [0, 0.05) is 51.7 Å². The minimum absolute atomic E-state index is 0. The Hall–Kier alpha value is -4.44. The minimum atomic E-state index is -2.40. The predicted molar refractivity (Wildman–Crippen MR) is 204 cm³/mol. The number of nitrogens with zero attached hydrogens (tertiary/aromatic N) is 3. The fourth-order valence-corrected chi connectivity index (χ4v) is 6.20. The first-order chi connectivity index (χ1) is 26.0. The summed E-state index contributed by atoms with van der Waals surface area (Å²) in [7, 11) is 0. The topological polar surface area (TPSA) is 51.8 Å². The second-order valence-electron chi connectivity index (χ2n) is 12.4. The van der Waals surface area contributed by atoms with Crippen LogP contribution in [0.2, 0.25) is 0 Å². The summed E-state index contributed by atoms with van der Waals surface area (Å²) in [6.45, 7) is 8.70. The quantitative estimate of drug-likeness (QED) is 0.143. The Morgan fingerprint density at radius 2 is 1.50 bits per heavy atom. The summed E-state index contributed by atoms with van der Waals surface area (Å²) >= 11 is 0. The summed E-state index contributed by atoms with van der Waals surface area (Å²) in [6.07, 6.45) is 4.06. The number of hydrogen-bond acceptors (Lipinski definition) is 4. The molecule has 0 aliphatic heterocycles. The molecular weight excluding hydrogens is 791 g/mol. The molecule has 0 bridgehead atoms. The van der Waals surface area contributed by atoms with Crippen molar-refractivity contribution >= 4 is 22.1 Å². The molecule has 7 rings (SSSR count). The van der Waals surface area contributed by atoms with E-state index in [0.717, 1.165) is 38.7 Å². The number of fused-ring (bicyclic) bond motifs is 3. The number of hydrogen-bond donors (Lipinski definition) is 0. The third-order valence-corrected chi connectivity index (χ3v) is 8.74. The summed E-state index contributed by atoms with van der Waals surface area (Å²) < 4.78 is 57.3. The SMILES string of the molecule is [2H]C([2H])([2H])c1cnc(-c2[c-]ccc3c2oc2nc(-c4c(C([2H])(C)C)cccc4C([2H])(C)C)ccc23)cc1C([2H])(CC)CC.[Ir].[c-]1ccccc1-c1ccccn1. The molecule has 0 unspecified atom stereocenters. The molecule has 4 heterocycles. The van der Waals surface area contributed by atoms with Gasteiger partial charge in [-0.05, 0) is 89.2 Å². The Bertz CT molecular complexity index is 2360. The number of aryl methyl sites for hydroxylation is 1. The Morgan fingerprint density at radius 1 is 0.740 bits per heavy atom. The van der Waals surface area contributed by atoms with Gasteiger partial charge in [0.15, 0.2) is 0 Å². The molecule has 0 fully saturated rings. The Labute approximate surface area is 319 Å². The van der Waals surface area contributed by atoms with Crippen LogP contribution in [0.25, 0.3) is 55.8 Å². The van der Waals surface area contributed by atoms with Gasteiger partial charge in [-0.1, -0.05) is 88.9 Å². The van der Waals surface area contributed by atoms with Crippen LogP contribution < -0.4 is 0 Å². The van der Waals surface area contributed by atoms with E-state index in [-0.39, 0.29) is 25.7 Å². The van der Waals surface area contributed by atoms with E-state index in [0.29, 0.717) is 46.7 Å². The largest absolute Gasteiger partial charge is 0.486 e. The van der Waals surface area contributed by atoms with Crippen LogP contribution in [-0.2, 0) is 20.1 Å². The minimum Gasteiger partial charge on any atom is -0.486 e. The second-order valence-corrected chi connectivity index (χ2v) is 12.4. The molecule has 4 aromatic heterocycles. The average Bonchev–Trinajstić information content (AvgIpc) is 3.55. The van der Waals surface area contributed by atoms with Gasteiger partial charge < -0.3 is 14.4 Å². The van der Waals surface area contributed by atoms with Gasteiger partial charge in [0.1, 0.15) is 0 Å². The molecule has 257 valence electrons. The van der Waals surface area contributed by atoms with Crippen LogP contribution in [0.1, 0.15) is 103 Å². The average molecular weight is 842 g/mol. The van der Waals surface area contributed by atoms with Crippen LogP contribution in [0.5, 0.6) is 0 Å². The monoisotopic (exact) mass is 842 g/mol. The van der Waals surface area contributed by atoms with Crippen molar-refractivity contribution in [2.45, 2.75) is 78.9 Å². The third-order valence-electron chi connectivity index (χ3n) is 8.74. The van der Waals surface area contributed by atoms with Crippen LogP contribution in [0, 0.1) is 19.0 Å². The van der Waals surface area contributed by atoms with E-state index in [1.165, 1.54) is 6.20 Å². The van der Waals surface area contributed by atoms with Crippen LogP contribution >= 0.6 is 0 Å². The number of furan rings is 1. The van der Waals surface area contributed by atoms with Crippen LogP contribution in [0.15, 0.2) is 108 Å². The van der Waals surface area contributed by atoms with Gasteiger partial charge in [-0.3, -0.25) is 0 Å². The molecule has 3 aromatic carbocycles. The molecule has 0 aliphatic rings. The molecule has 0 spiro atoms. The van der Waals surface area contributed by atoms with E-state index in [2.05, 4.69) is 22.1 Å². The molecule has 0 amide bonds. The summed E-state index contributed by atoms with van der Waals surface area (Å²) in [4.78, 5) is 13.7. The van der Waals surface area contributed by atoms with E-state index >= 15 is 0 Å². The van der Waals surface area contributed by atoms with Gasteiger partial charge in [0.2, 0.25) is 5.71 Å². The van der Waals surface area contributed by atoms with Gasteiger partial charge in [-0.2, -0.15) is 0 Å². The smallest absolute Gasteiger partial charge is 0.216 e. The number of rotatable bonds is 8. The van der Waals surface area contributed by atoms with Crippen molar-refractivity contribution in [3.63, 3.8) is 0 Å². The first-order valence-electron chi connectivity index (χ1n) is 19.7. The zero-order valence-electron chi connectivity index (χ0n) is 35.3. The van der Waals surface area contributed by atoms with Gasteiger partial charge >= 0.3 is 0 Å². The molecule has 50 heavy (non-hydrogen) atoms. The van der Waals surface area contributed by atoms with Crippen molar-refractivity contribution in [1.82, 2.24) is 15.0 Å². The van der Waals surface area contributed by atoms with Gasteiger partial charge in [-0.15, -0.1) is 54.1 Å². The third kappa shape index (κ3) is 7.65. The summed E-state index contributed by atoms with van der Waals surface area (Å²) in [5, 5.41) is 1.60. The molecule has 5 heteroatoms. The Balaban J connectivity index is 0.000000391. The van der Waals surface area contributed by atoms with Crippen molar-refractivity contribution < 1.29 is 32.7 Å². The molecule has 0 atom stereocenters. The normalized spacial score (nSPS) is 13.9. The first-order valence-corrected chi connectivity index (χ1v) is 16.7. The van der Waals surface area contributed by atoms with Crippen molar-refractivity contribution in [3.8, 4) is 33.8 Å². The van der Waals surface area contributed by atoms with Crippen LogP contribution in [-0.4, -0.2) is 15.0 Å². The zero-order valence-corrected chi connectivity index (χ0v) is 31.7. The molecule has 0 saturated carbocycles. The van der Waals surface area contributed by atoms with Gasteiger partial charge in [0.25, 0.3) is 0 Å². The molecule has 0 saturated heterocycles. The Kier molecular flexibility index (Phi) is 9.68. The number of benzene rings is 3. The molecule has 1 radical (unpaired) electrons. The van der Waals surface area contributed by atoms with Crippen LogP contribution in [0.4, 0.5) is 0 Å². The van der Waals surface area contributed by atoms with Crippen molar-refractivity contribution in [3.05, 3.63) is 138 Å². The van der Waals surface area contributed by atoms with Crippen molar-refractivity contribution in [2.24, 2.45) is 0 Å². The van der Waals surface area contributed by atoms with Crippen molar-refractivity contribution in [1.29, 1.82) is 0 Å². The van der Waals surface area contributed by atoms with Gasteiger partial charge in [0.05, 0.1) is 11.3 Å². The number of pyridine rings is 3.